The highest BCUT2D eigenvalue weighted by Gasteiger charge is 2.17. The van der Waals surface area contributed by atoms with Crippen molar-refractivity contribution in [3.63, 3.8) is 0 Å². The van der Waals surface area contributed by atoms with Crippen LogP contribution in [0.2, 0.25) is 10.0 Å². The van der Waals surface area contributed by atoms with E-state index < -0.39 is 18.5 Å². The Morgan fingerprint density at radius 2 is 1.92 bits per heavy atom. The molecule has 138 valence electrons. The van der Waals surface area contributed by atoms with Crippen LogP contribution in [0.4, 0.5) is 11.4 Å². The summed E-state index contributed by atoms with van der Waals surface area (Å²) in [5.41, 5.74) is 7.57. The topological polar surface area (TPSA) is 81.4 Å². The van der Waals surface area contributed by atoms with Crippen molar-refractivity contribution in [3.8, 4) is 0 Å². The summed E-state index contributed by atoms with van der Waals surface area (Å²) in [5, 5.41) is 3.17. The lowest BCUT2D eigenvalue weighted by Gasteiger charge is -2.15. The maximum Gasteiger partial charge on any atom is 0.340 e. The van der Waals surface area contributed by atoms with E-state index in [2.05, 4.69) is 19.2 Å². The lowest BCUT2D eigenvalue weighted by Crippen LogP contribution is -2.22. The summed E-state index contributed by atoms with van der Waals surface area (Å²) >= 11 is 11.8. The summed E-state index contributed by atoms with van der Waals surface area (Å²) in [6, 6.07) is 10.3. The number of hydrogen-bond acceptors (Lipinski definition) is 4. The zero-order valence-corrected chi connectivity index (χ0v) is 16.0. The molecule has 5 nitrogen and oxygen atoms in total. The Kier molecular flexibility index (Phi) is 6.89. The molecule has 2 aromatic rings. The van der Waals surface area contributed by atoms with Gasteiger partial charge in [-0.1, -0.05) is 55.2 Å². The second-order valence-electron chi connectivity index (χ2n) is 5.87. The summed E-state index contributed by atoms with van der Waals surface area (Å²) in [4.78, 5) is 24.3. The number of amides is 1. The van der Waals surface area contributed by atoms with Gasteiger partial charge in [-0.25, -0.2) is 4.79 Å². The molecule has 7 heteroatoms. The van der Waals surface area contributed by atoms with Gasteiger partial charge >= 0.3 is 5.97 Å². The average molecular weight is 395 g/mol. The Balaban J connectivity index is 2.03. The fourth-order valence-corrected chi connectivity index (χ4v) is 2.90. The normalized spacial score (nSPS) is 11.7. The molecule has 0 aromatic heterocycles. The maximum absolute atomic E-state index is 12.2. The van der Waals surface area contributed by atoms with E-state index in [0.29, 0.717) is 11.6 Å². The Hall–Kier alpha value is -2.24. The van der Waals surface area contributed by atoms with E-state index in [0.717, 1.165) is 12.0 Å². The summed E-state index contributed by atoms with van der Waals surface area (Å²) < 4.78 is 5.03. The maximum atomic E-state index is 12.2. The highest BCUT2D eigenvalue weighted by molar-refractivity contribution is 6.37. The number of ether oxygens (including phenoxy) is 1. The van der Waals surface area contributed by atoms with Gasteiger partial charge in [-0.3, -0.25) is 4.79 Å². The SMILES string of the molecule is CC[C@@H](C)c1ccccc1NC(=O)COC(=O)c1cc(Cl)cc(Cl)c1N. The molecule has 0 radical (unpaired) electrons. The Morgan fingerprint density at radius 1 is 1.23 bits per heavy atom. The monoisotopic (exact) mass is 394 g/mol. The highest BCUT2D eigenvalue weighted by atomic mass is 35.5. The van der Waals surface area contributed by atoms with Crippen molar-refractivity contribution in [2.45, 2.75) is 26.2 Å². The van der Waals surface area contributed by atoms with Crippen molar-refractivity contribution in [2.75, 3.05) is 17.7 Å². The van der Waals surface area contributed by atoms with Crippen LogP contribution in [0.15, 0.2) is 36.4 Å². The second-order valence-corrected chi connectivity index (χ2v) is 6.71. The van der Waals surface area contributed by atoms with E-state index in [-0.39, 0.29) is 21.3 Å². The first-order valence-corrected chi connectivity index (χ1v) is 8.89. The molecule has 0 saturated heterocycles. The highest BCUT2D eigenvalue weighted by Crippen LogP contribution is 2.28. The minimum absolute atomic E-state index is 0.0234. The van der Waals surface area contributed by atoms with E-state index in [1.807, 2.05) is 24.3 Å². The van der Waals surface area contributed by atoms with Crippen molar-refractivity contribution in [3.05, 3.63) is 57.6 Å². The Morgan fingerprint density at radius 3 is 2.62 bits per heavy atom. The molecule has 0 bridgehead atoms. The number of nitrogens with one attached hydrogen (secondary N) is 1. The van der Waals surface area contributed by atoms with Crippen LogP contribution in [0.25, 0.3) is 0 Å². The van der Waals surface area contributed by atoms with E-state index in [1.54, 1.807) is 0 Å². The zero-order chi connectivity index (χ0) is 19.3. The number of anilines is 2. The van der Waals surface area contributed by atoms with Gasteiger partial charge in [-0.05, 0) is 36.1 Å². The van der Waals surface area contributed by atoms with Crippen LogP contribution in [0.5, 0.6) is 0 Å². The molecule has 0 saturated carbocycles. The number of hydrogen-bond donors (Lipinski definition) is 2. The molecule has 2 rings (SSSR count). The van der Waals surface area contributed by atoms with Crippen LogP contribution in [-0.4, -0.2) is 18.5 Å². The average Bonchev–Trinajstić information content (AvgIpc) is 2.62. The molecule has 26 heavy (non-hydrogen) atoms. The van der Waals surface area contributed by atoms with Gasteiger partial charge in [0.15, 0.2) is 6.61 Å². The van der Waals surface area contributed by atoms with Crippen molar-refractivity contribution in [1.82, 2.24) is 0 Å². The molecular formula is C19H20Cl2N2O3. The Bertz CT molecular complexity index is 824. The van der Waals surface area contributed by atoms with Gasteiger partial charge in [0.1, 0.15) is 0 Å². The number of benzene rings is 2. The fraction of sp³-hybridized carbons (Fsp3) is 0.263. The molecule has 3 N–H and O–H groups in total. The molecule has 0 aliphatic carbocycles. The van der Waals surface area contributed by atoms with Gasteiger partial charge in [0.25, 0.3) is 5.91 Å². The number of esters is 1. The van der Waals surface area contributed by atoms with E-state index >= 15 is 0 Å². The standard InChI is InChI=1S/C19H20Cl2N2O3/c1-3-11(2)13-6-4-5-7-16(13)23-17(24)10-26-19(25)14-8-12(20)9-15(21)18(14)22/h4-9,11H,3,10,22H2,1-2H3,(H,23,24)/t11-/m1/s1. The number of halogens is 2. The number of carbonyl (C=O) groups excluding carboxylic acids is 2. The summed E-state index contributed by atoms with van der Waals surface area (Å²) in [6.45, 7) is 3.71. The third-order valence-corrected chi connectivity index (χ3v) is 4.56. The lowest BCUT2D eigenvalue weighted by atomic mass is 9.97. The van der Waals surface area contributed by atoms with Gasteiger partial charge in [0, 0.05) is 10.7 Å². The molecule has 0 unspecified atom stereocenters. The van der Waals surface area contributed by atoms with Crippen molar-refractivity contribution >= 4 is 46.5 Å². The van der Waals surface area contributed by atoms with Gasteiger partial charge in [0.2, 0.25) is 0 Å². The number of rotatable bonds is 6. The Labute approximate surface area is 162 Å². The zero-order valence-electron chi connectivity index (χ0n) is 14.5. The van der Waals surface area contributed by atoms with Gasteiger partial charge in [-0.15, -0.1) is 0 Å². The number of para-hydroxylation sites is 1. The molecular weight excluding hydrogens is 375 g/mol. The van der Waals surface area contributed by atoms with Crippen LogP contribution in [0.1, 0.15) is 42.1 Å². The van der Waals surface area contributed by atoms with Crippen LogP contribution >= 0.6 is 23.2 Å². The molecule has 2 aromatic carbocycles. The number of nitrogen functional groups attached to an aromatic ring is 1. The van der Waals surface area contributed by atoms with Crippen molar-refractivity contribution < 1.29 is 14.3 Å². The number of carbonyl (C=O) groups is 2. The third kappa shape index (κ3) is 4.90. The fourth-order valence-electron chi connectivity index (χ4n) is 2.41. The van der Waals surface area contributed by atoms with Crippen molar-refractivity contribution in [2.24, 2.45) is 0 Å². The minimum atomic E-state index is -0.766. The number of nitrogens with two attached hydrogens (primary N) is 1. The molecule has 0 spiro atoms. The van der Waals surface area contributed by atoms with E-state index in [9.17, 15) is 9.59 Å². The first-order chi connectivity index (χ1) is 12.3. The lowest BCUT2D eigenvalue weighted by molar-refractivity contribution is -0.119. The third-order valence-electron chi connectivity index (χ3n) is 4.03. The molecule has 0 aliphatic heterocycles. The minimum Gasteiger partial charge on any atom is -0.452 e. The first-order valence-electron chi connectivity index (χ1n) is 8.13. The quantitative estimate of drug-likeness (QED) is 0.539. The van der Waals surface area contributed by atoms with Gasteiger partial charge in [0.05, 0.1) is 16.3 Å². The predicted molar refractivity (Wildman–Crippen MR) is 105 cm³/mol. The molecule has 0 fully saturated rings. The molecule has 1 amide bonds. The summed E-state index contributed by atoms with van der Waals surface area (Å²) in [7, 11) is 0. The van der Waals surface area contributed by atoms with E-state index in [1.165, 1.54) is 12.1 Å². The summed E-state index contributed by atoms with van der Waals surface area (Å²) in [6.07, 6.45) is 0.941. The molecule has 0 aliphatic rings. The van der Waals surface area contributed by atoms with Gasteiger partial charge < -0.3 is 15.8 Å². The predicted octanol–water partition coefficient (Wildman–Crippen LogP) is 4.88. The molecule has 0 heterocycles. The van der Waals surface area contributed by atoms with Crippen LogP contribution in [-0.2, 0) is 9.53 Å². The van der Waals surface area contributed by atoms with Gasteiger partial charge in [-0.2, -0.15) is 0 Å². The molecule has 1 atom stereocenters. The second kappa shape index (κ2) is 8.92. The largest absolute Gasteiger partial charge is 0.452 e. The van der Waals surface area contributed by atoms with Crippen LogP contribution in [0, 0.1) is 0 Å². The van der Waals surface area contributed by atoms with Crippen LogP contribution < -0.4 is 11.1 Å². The first kappa shape index (κ1) is 20.1. The van der Waals surface area contributed by atoms with Crippen LogP contribution in [0.3, 0.4) is 0 Å². The smallest absolute Gasteiger partial charge is 0.340 e. The van der Waals surface area contributed by atoms with Crippen molar-refractivity contribution in [1.29, 1.82) is 0 Å². The van der Waals surface area contributed by atoms with E-state index in [4.69, 9.17) is 33.7 Å². The summed E-state index contributed by atoms with van der Waals surface area (Å²) in [5.74, 6) is -0.916.